The Bertz CT molecular complexity index is 603. The molecular formula is C14H13N3O2. The number of methoxy groups -OCH3 is 2. The van der Waals surface area contributed by atoms with Crippen LogP contribution in [0.15, 0.2) is 36.5 Å². The number of nitrogens with one attached hydrogen (secondary N) is 1. The molecule has 0 atom stereocenters. The van der Waals surface area contributed by atoms with Gasteiger partial charge in [-0.15, -0.1) is 0 Å². The van der Waals surface area contributed by atoms with Crippen LogP contribution in [0.25, 0.3) is 0 Å². The quantitative estimate of drug-likeness (QED) is 0.909. The molecule has 0 aliphatic carbocycles. The Kier molecular flexibility index (Phi) is 3.84. The van der Waals surface area contributed by atoms with Crippen molar-refractivity contribution in [1.82, 2.24) is 4.98 Å². The molecule has 19 heavy (non-hydrogen) atoms. The summed E-state index contributed by atoms with van der Waals surface area (Å²) in [6, 6.07) is 10.9. The van der Waals surface area contributed by atoms with Crippen LogP contribution in [-0.4, -0.2) is 19.2 Å². The molecule has 0 fully saturated rings. The first-order chi connectivity index (χ1) is 9.26. The smallest absolute Gasteiger partial charge is 0.162 e. The van der Waals surface area contributed by atoms with Crippen LogP contribution in [0.4, 0.5) is 11.4 Å². The zero-order valence-corrected chi connectivity index (χ0v) is 10.7. The van der Waals surface area contributed by atoms with Gasteiger partial charge in [-0.3, -0.25) is 0 Å². The van der Waals surface area contributed by atoms with Crippen LogP contribution in [0, 0.1) is 11.3 Å². The van der Waals surface area contributed by atoms with E-state index in [0.29, 0.717) is 17.2 Å². The number of nitriles is 1. The molecule has 5 heteroatoms. The molecule has 2 rings (SSSR count). The normalized spacial score (nSPS) is 9.53. The van der Waals surface area contributed by atoms with Crippen molar-refractivity contribution in [1.29, 1.82) is 5.26 Å². The van der Waals surface area contributed by atoms with Crippen molar-refractivity contribution in [2.24, 2.45) is 0 Å². The Labute approximate surface area is 111 Å². The molecule has 0 saturated carbocycles. The van der Waals surface area contributed by atoms with Gasteiger partial charge >= 0.3 is 0 Å². The van der Waals surface area contributed by atoms with E-state index in [4.69, 9.17) is 14.7 Å². The maximum Gasteiger partial charge on any atom is 0.162 e. The third-order valence-electron chi connectivity index (χ3n) is 2.55. The minimum absolute atomic E-state index is 0.387. The van der Waals surface area contributed by atoms with Crippen LogP contribution in [0.2, 0.25) is 0 Å². The zero-order valence-electron chi connectivity index (χ0n) is 10.7. The second-order valence-corrected chi connectivity index (χ2v) is 3.74. The molecule has 0 saturated heterocycles. The summed E-state index contributed by atoms with van der Waals surface area (Å²) in [5.74, 6) is 1.32. The molecule has 0 unspecified atom stereocenters. The Morgan fingerprint density at radius 1 is 1.05 bits per heavy atom. The van der Waals surface area contributed by atoms with E-state index in [-0.39, 0.29) is 0 Å². The number of pyridine rings is 1. The molecule has 0 radical (unpaired) electrons. The van der Waals surface area contributed by atoms with Gasteiger partial charge in [0.25, 0.3) is 0 Å². The van der Waals surface area contributed by atoms with E-state index in [1.54, 1.807) is 32.5 Å². The minimum atomic E-state index is 0.387. The minimum Gasteiger partial charge on any atom is -0.493 e. The highest BCUT2D eigenvalue weighted by Crippen LogP contribution is 2.30. The summed E-state index contributed by atoms with van der Waals surface area (Å²) in [7, 11) is 3.18. The SMILES string of the molecule is COc1ccc(Nc2ccc(C#N)nc2)cc1OC. The Hall–Kier alpha value is -2.74. The molecule has 96 valence electrons. The van der Waals surface area contributed by atoms with Crippen molar-refractivity contribution in [3.8, 4) is 17.6 Å². The number of nitrogens with zero attached hydrogens (tertiary/aromatic N) is 2. The van der Waals surface area contributed by atoms with Gasteiger partial charge in [-0.1, -0.05) is 0 Å². The van der Waals surface area contributed by atoms with Gasteiger partial charge in [0.2, 0.25) is 0 Å². The number of benzene rings is 1. The summed E-state index contributed by atoms with van der Waals surface area (Å²) in [5, 5.41) is 11.9. The van der Waals surface area contributed by atoms with Crippen LogP contribution >= 0.6 is 0 Å². The van der Waals surface area contributed by atoms with Gasteiger partial charge < -0.3 is 14.8 Å². The van der Waals surface area contributed by atoms with Crippen molar-refractivity contribution in [3.63, 3.8) is 0 Å². The molecule has 0 spiro atoms. The van der Waals surface area contributed by atoms with Gasteiger partial charge in [0.1, 0.15) is 11.8 Å². The molecule has 2 aromatic rings. The van der Waals surface area contributed by atoms with Gasteiger partial charge in [0, 0.05) is 11.8 Å². The molecule has 0 amide bonds. The highest BCUT2D eigenvalue weighted by molar-refractivity contribution is 5.63. The number of aromatic nitrogens is 1. The van der Waals surface area contributed by atoms with Crippen molar-refractivity contribution in [2.75, 3.05) is 19.5 Å². The van der Waals surface area contributed by atoms with Crippen LogP contribution < -0.4 is 14.8 Å². The van der Waals surface area contributed by atoms with Crippen molar-refractivity contribution in [3.05, 3.63) is 42.2 Å². The molecule has 1 N–H and O–H groups in total. The highest BCUT2D eigenvalue weighted by atomic mass is 16.5. The number of hydrogen-bond acceptors (Lipinski definition) is 5. The molecular weight excluding hydrogens is 242 g/mol. The lowest BCUT2D eigenvalue weighted by molar-refractivity contribution is 0.355. The van der Waals surface area contributed by atoms with Crippen LogP contribution in [0.3, 0.4) is 0 Å². The summed E-state index contributed by atoms with van der Waals surface area (Å²) in [6.45, 7) is 0. The largest absolute Gasteiger partial charge is 0.493 e. The van der Waals surface area contributed by atoms with Gasteiger partial charge in [0.15, 0.2) is 11.5 Å². The first-order valence-corrected chi connectivity index (χ1v) is 5.62. The van der Waals surface area contributed by atoms with Crippen LogP contribution in [0.5, 0.6) is 11.5 Å². The van der Waals surface area contributed by atoms with E-state index >= 15 is 0 Å². The van der Waals surface area contributed by atoms with E-state index in [2.05, 4.69) is 10.3 Å². The fourth-order valence-electron chi connectivity index (χ4n) is 1.61. The lowest BCUT2D eigenvalue weighted by atomic mass is 10.2. The van der Waals surface area contributed by atoms with Crippen molar-refractivity contribution >= 4 is 11.4 Å². The van der Waals surface area contributed by atoms with E-state index in [9.17, 15) is 0 Å². The molecule has 1 aromatic carbocycles. The summed E-state index contributed by atoms with van der Waals surface area (Å²) in [5.41, 5.74) is 2.04. The predicted octanol–water partition coefficient (Wildman–Crippen LogP) is 2.71. The van der Waals surface area contributed by atoms with E-state index < -0.39 is 0 Å². The first-order valence-electron chi connectivity index (χ1n) is 5.62. The van der Waals surface area contributed by atoms with Gasteiger partial charge in [-0.05, 0) is 24.3 Å². The van der Waals surface area contributed by atoms with E-state index in [1.807, 2.05) is 24.3 Å². The van der Waals surface area contributed by atoms with Gasteiger partial charge in [-0.2, -0.15) is 5.26 Å². The first kappa shape index (κ1) is 12.7. The Morgan fingerprint density at radius 3 is 2.37 bits per heavy atom. The molecule has 1 heterocycles. The zero-order chi connectivity index (χ0) is 13.7. The number of anilines is 2. The topological polar surface area (TPSA) is 67.2 Å². The highest BCUT2D eigenvalue weighted by Gasteiger charge is 2.04. The molecule has 0 bridgehead atoms. The third-order valence-corrected chi connectivity index (χ3v) is 2.55. The fraction of sp³-hybridized carbons (Fsp3) is 0.143. The fourth-order valence-corrected chi connectivity index (χ4v) is 1.61. The Morgan fingerprint density at radius 2 is 1.79 bits per heavy atom. The molecule has 5 nitrogen and oxygen atoms in total. The molecule has 0 aliphatic rings. The Balaban J connectivity index is 2.20. The number of rotatable bonds is 4. The lowest BCUT2D eigenvalue weighted by Crippen LogP contribution is -1.95. The van der Waals surface area contributed by atoms with Crippen molar-refractivity contribution < 1.29 is 9.47 Å². The van der Waals surface area contributed by atoms with Gasteiger partial charge in [0.05, 0.1) is 26.1 Å². The maximum absolute atomic E-state index is 8.68. The monoisotopic (exact) mass is 255 g/mol. The van der Waals surface area contributed by atoms with E-state index in [0.717, 1.165) is 11.4 Å². The average Bonchev–Trinajstić information content (AvgIpc) is 2.48. The number of hydrogen-bond donors (Lipinski definition) is 1. The summed E-state index contributed by atoms with van der Waals surface area (Å²) in [4.78, 5) is 3.99. The third kappa shape index (κ3) is 2.93. The summed E-state index contributed by atoms with van der Waals surface area (Å²) >= 11 is 0. The van der Waals surface area contributed by atoms with Crippen molar-refractivity contribution in [2.45, 2.75) is 0 Å². The number of ether oxygens (including phenoxy) is 2. The lowest BCUT2D eigenvalue weighted by Gasteiger charge is -2.11. The van der Waals surface area contributed by atoms with Gasteiger partial charge in [-0.25, -0.2) is 4.98 Å². The predicted molar refractivity (Wildman–Crippen MR) is 71.8 cm³/mol. The molecule has 0 aliphatic heterocycles. The second kappa shape index (κ2) is 5.74. The van der Waals surface area contributed by atoms with Crippen LogP contribution in [-0.2, 0) is 0 Å². The standard InChI is InChI=1S/C14H13N3O2/c1-18-13-6-5-10(7-14(13)19-2)17-12-4-3-11(8-15)16-9-12/h3-7,9,17H,1-2H3. The summed E-state index contributed by atoms with van der Waals surface area (Å²) < 4.78 is 10.4. The summed E-state index contributed by atoms with van der Waals surface area (Å²) in [6.07, 6.45) is 1.61. The second-order valence-electron chi connectivity index (χ2n) is 3.74. The average molecular weight is 255 g/mol. The molecule has 1 aromatic heterocycles. The van der Waals surface area contributed by atoms with Crippen LogP contribution in [0.1, 0.15) is 5.69 Å². The maximum atomic E-state index is 8.68. The van der Waals surface area contributed by atoms with E-state index in [1.165, 1.54) is 0 Å².